The second kappa shape index (κ2) is 5.34. The zero-order chi connectivity index (χ0) is 16.9. The van der Waals surface area contributed by atoms with E-state index in [1.165, 1.54) is 10.5 Å². The molecule has 0 spiro atoms. The first kappa shape index (κ1) is 15.2. The molecule has 0 saturated carbocycles. The van der Waals surface area contributed by atoms with Crippen LogP contribution in [0.1, 0.15) is 30.0 Å². The fourth-order valence-electron chi connectivity index (χ4n) is 3.54. The third kappa shape index (κ3) is 2.13. The average molecular weight is 347 g/mol. The molecule has 8 heteroatoms. The molecule has 4 rings (SSSR count). The highest BCUT2D eigenvalue weighted by molar-refractivity contribution is 7.93. The maximum Gasteiger partial charge on any atom is 0.312 e. The van der Waals surface area contributed by atoms with E-state index >= 15 is 0 Å². The number of hydrogen-bond donors (Lipinski definition) is 1. The number of carboxylic acids is 1. The molecule has 7 nitrogen and oxygen atoms in total. The van der Waals surface area contributed by atoms with E-state index in [4.69, 9.17) is 0 Å². The molecule has 1 aromatic carbocycles. The Labute approximate surface area is 139 Å². The van der Waals surface area contributed by atoms with Crippen molar-refractivity contribution in [3.8, 4) is 0 Å². The van der Waals surface area contributed by atoms with Gasteiger partial charge in [0.25, 0.3) is 10.0 Å². The van der Waals surface area contributed by atoms with Crippen molar-refractivity contribution >= 4 is 21.7 Å². The Balaban J connectivity index is 1.81. The Morgan fingerprint density at radius 2 is 2.04 bits per heavy atom. The molecule has 1 N–H and O–H groups in total. The molecule has 2 aliphatic rings. The number of aromatic nitrogens is 2. The van der Waals surface area contributed by atoms with Gasteiger partial charge >= 0.3 is 5.97 Å². The van der Waals surface area contributed by atoms with E-state index < -0.39 is 21.9 Å². The number of sulfonamides is 1. The van der Waals surface area contributed by atoms with Crippen molar-refractivity contribution in [2.24, 2.45) is 0 Å². The Morgan fingerprint density at radius 3 is 2.83 bits per heavy atom. The van der Waals surface area contributed by atoms with Crippen molar-refractivity contribution in [1.82, 2.24) is 9.78 Å². The SMILES string of the molecule is O=C(O)C1CN(S(=O)(=O)c2cnn3c2CCCC3)c2ccccc21. The molecule has 24 heavy (non-hydrogen) atoms. The van der Waals surface area contributed by atoms with Gasteiger partial charge in [0.2, 0.25) is 0 Å². The van der Waals surface area contributed by atoms with Gasteiger partial charge in [0.05, 0.1) is 24.1 Å². The van der Waals surface area contributed by atoms with Crippen molar-refractivity contribution in [2.75, 3.05) is 10.8 Å². The normalized spacial score (nSPS) is 19.8. The standard InChI is InChI=1S/C16H17N3O4S/c20-16(21)12-10-19(13-6-2-1-5-11(12)13)24(22,23)15-9-17-18-8-4-3-7-14(15)18/h1-2,5-6,9,12H,3-4,7-8,10H2,(H,20,21). The fourth-order valence-corrected chi connectivity index (χ4v) is 5.23. The van der Waals surface area contributed by atoms with Crippen LogP contribution in [0.3, 0.4) is 0 Å². The smallest absolute Gasteiger partial charge is 0.312 e. The summed E-state index contributed by atoms with van der Waals surface area (Å²) in [5.74, 6) is -1.86. The van der Waals surface area contributed by atoms with Crippen LogP contribution in [-0.2, 0) is 27.8 Å². The quantitative estimate of drug-likeness (QED) is 0.910. The number of para-hydroxylation sites is 1. The highest BCUT2D eigenvalue weighted by Crippen LogP contribution is 2.40. The van der Waals surface area contributed by atoms with Gasteiger partial charge in [-0.1, -0.05) is 18.2 Å². The predicted molar refractivity (Wildman–Crippen MR) is 86.5 cm³/mol. The summed E-state index contributed by atoms with van der Waals surface area (Å²) >= 11 is 0. The molecule has 0 aliphatic carbocycles. The summed E-state index contributed by atoms with van der Waals surface area (Å²) in [5, 5.41) is 13.6. The topological polar surface area (TPSA) is 92.5 Å². The number of carbonyl (C=O) groups is 1. The number of benzene rings is 1. The molecule has 1 atom stereocenters. The van der Waals surface area contributed by atoms with E-state index in [0.29, 0.717) is 17.7 Å². The van der Waals surface area contributed by atoms with E-state index in [1.54, 1.807) is 28.9 Å². The third-order valence-corrected chi connectivity index (χ3v) is 6.56. The Bertz CT molecular complexity index is 919. The Hall–Kier alpha value is -2.35. The van der Waals surface area contributed by atoms with Crippen LogP contribution >= 0.6 is 0 Å². The Morgan fingerprint density at radius 1 is 1.25 bits per heavy atom. The van der Waals surface area contributed by atoms with Gasteiger partial charge in [-0.05, 0) is 30.9 Å². The molecule has 2 aromatic rings. The van der Waals surface area contributed by atoms with Crippen molar-refractivity contribution in [3.05, 3.63) is 41.7 Å². The summed E-state index contributed by atoms with van der Waals surface area (Å²) in [6.07, 6.45) is 3.99. The van der Waals surface area contributed by atoms with Crippen molar-refractivity contribution in [3.63, 3.8) is 0 Å². The van der Waals surface area contributed by atoms with Crippen molar-refractivity contribution in [1.29, 1.82) is 0 Å². The minimum absolute atomic E-state index is 0.0817. The number of aryl methyl sites for hydroxylation is 1. The molecule has 2 aliphatic heterocycles. The van der Waals surface area contributed by atoms with Gasteiger partial charge in [0.1, 0.15) is 10.8 Å². The summed E-state index contributed by atoms with van der Waals surface area (Å²) in [6, 6.07) is 6.79. The lowest BCUT2D eigenvalue weighted by Gasteiger charge is -2.21. The fraction of sp³-hybridized carbons (Fsp3) is 0.375. The summed E-state index contributed by atoms with van der Waals surface area (Å²) in [6.45, 7) is 0.640. The Kier molecular flexibility index (Phi) is 3.38. The number of carboxylic acid groups (broad SMARTS) is 1. The van der Waals surface area contributed by atoms with Gasteiger partial charge in [-0.2, -0.15) is 5.10 Å². The maximum absolute atomic E-state index is 13.2. The van der Waals surface area contributed by atoms with Crippen LogP contribution in [0.5, 0.6) is 0 Å². The summed E-state index contributed by atoms with van der Waals surface area (Å²) in [4.78, 5) is 11.7. The first-order chi connectivity index (χ1) is 11.5. The number of hydrogen-bond acceptors (Lipinski definition) is 4. The van der Waals surface area contributed by atoms with Crippen LogP contribution in [0.25, 0.3) is 0 Å². The lowest BCUT2D eigenvalue weighted by Crippen LogP contribution is -2.32. The summed E-state index contributed by atoms with van der Waals surface area (Å²) in [5.41, 5.74) is 1.70. The van der Waals surface area contributed by atoms with Crippen LogP contribution in [-0.4, -0.2) is 35.8 Å². The number of nitrogens with zero attached hydrogens (tertiary/aromatic N) is 3. The third-order valence-electron chi connectivity index (χ3n) is 4.74. The molecule has 3 heterocycles. The van der Waals surface area contributed by atoms with Crippen LogP contribution in [0, 0.1) is 0 Å². The molecular formula is C16H17N3O4S. The highest BCUT2D eigenvalue weighted by Gasteiger charge is 2.41. The zero-order valence-electron chi connectivity index (χ0n) is 12.9. The van der Waals surface area contributed by atoms with Crippen LogP contribution in [0.15, 0.2) is 35.4 Å². The second-order valence-electron chi connectivity index (χ2n) is 6.12. The number of rotatable bonds is 3. The highest BCUT2D eigenvalue weighted by atomic mass is 32.2. The first-order valence-corrected chi connectivity index (χ1v) is 9.33. The van der Waals surface area contributed by atoms with Gasteiger partial charge in [0, 0.05) is 6.54 Å². The zero-order valence-corrected chi connectivity index (χ0v) is 13.7. The monoisotopic (exact) mass is 347 g/mol. The largest absolute Gasteiger partial charge is 0.481 e. The molecule has 1 aromatic heterocycles. The van der Waals surface area contributed by atoms with E-state index in [2.05, 4.69) is 5.10 Å². The molecule has 0 radical (unpaired) electrons. The van der Waals surface area contributed by atoms with Crippen molar-refractivity contribution in [2.45, 2.75) is 36.6 Å². The lowest BCUT2D eigenvalue weighted by atomic mass is 10.0. The number of aliphatic carboxylic acids is 1. The summed E-state index contributed by atoms with van der Waals surface area (Å²) < 4.78 is 29.3. The molecule has 0 fully saturated rings. The molecule has 0 bridgehead atoms. The molecule has 126 valence electrons. The van der Waals surface area contributed by atoms with Gasteiger partial charge < -0.3 is 5.11 Å². The van der Waals surface area contributed by atoms with Crippen LogP contribution < -0.4 is 4.31 Å². The lowest BCUT2D eigenvalue weighted by molar-refractivity contribution is -0.138. The van der Waals surface area contributed by atoms with Crippen molar-refractivity contribution < 1.29 is 18.3 Å². The van der Waals surface area contributed by atoms with Crippen LogP contribution in [0.4, 0.5) is 5.69 Å². The maximum atomic E-state index is 13.2. The van der Waals surface area contributed by atoms with E-state index in [0.717, 1.165) is 25.1 Å². The van der Waals surface area contributed by atoms with E-state index in [-0.39, 0.29) is 11.4 Å². The van der Waals surface area contributed by atoms with Gasteiger partial charge in [0.15, 0.2) is 0 Å². The van der Waals surface area contributed by atoms with Crippen LogP contribution in [0.2, 0.25) is 0 Å². The average Bonchev–Trinajstić information content (AvgIpc) is 3.17. The minimum atomic E-state index is -3.83. The summed E-state index contributed by atoms with van der Waals surface area (Å²) in [7, 11) is -3.83. The minimum Gasteiger partial charge on any atom is -0.481 e. The van der Waals surface area contributed by atoms with E-state index in [1.807, 2.05) is 0 Å². The second-order valence-corrected chi connectivity index (χ2v) is 7.95. The van der Waals surface area contributed by atoms with E-state index in [9.17, 15) is 18.3 Å². The number of anilines is 1. The number of fused-ring (bicyclic) bond motifs is 2. The molecule has 0 saturated heterocycles. The van der Waals surface area contributed by atoms with Gasteiger partial charge in [-0.25, -0.2) is 8.42 Å². The predicted octanol–water partition coefficient (Wildman–Crippen LogP) is 1.60. The molecule has 1 unspecified atom stereocenters. The van der Waals surface area contributed by atoms with Gasteiger partial charge in [-0.15, -0.1) is 0 Å². The molecular weight excluding hydrogens is 330 g/mol. The molecule has 0 amide bonds. The first-order valence-electron chi connectivity index (χ1n) is 7.89. The van der Waals surface area contributed by atoms with Gasteiger partial charge in [-0.3, -0.25) is 13.8 Å².